The molecule has 2 aromatic rings. The van der Waals surface area contributed by atoms with Crippen LogP contribution in [0.2, 0.25) is 0 Å². The third kappa shape index (κ3) is 2.67. The summed E-state index contributed by atoms with van der Waals surface area (Å²) < 4.78 is 5.61. The molecule has 0 radical (unpaired) electrons. The number of hydrogen-bond donors (Lipinski definition) is 2. The van der Waals surface area contributed by atoms with Gasteiger partial charge in [-0.3, -0.25) is 4.90 Å². The molecule has 0 saturated carbocycles. The fourth-order valence-corrected chi connectivity index (χ4v) is 4.11. The lowest BCUT2D eigenvalue weighted by Gasteiger charge is -2.41. The van der Waals surface area contributed by atoms with Crippen molar-refractivity contribution in [3.8, 4) is 0 Å². The molecule has 4 heteroatoms. The average Bonchev–Trinajstić information content (AvgIpc) is 3.07. The van der Waals surface area contributed by atoms with Crippen molar-refractivity contribution < 1.29 is 4.74 Å². The first-order valence-electron chi connectivity index (χ1n) is 8.52. The molecule has 0 unspecified atom stereocenters. The van der Waals surface area contributed by atoms with Crippen molar-refractivity contribution in [2.24, 2.45) is 5.92 Å². The minimum Gasteiger partial charge on any atom is -0.381 e. The van der Waals surface area contributed by atoms with Gasteiger partial charge >= 0.3 is 0 Å². The number of rotatable bonds is 3. The second kappa shape index (κ2) is 6.41. The zero-order chi connectivity index (χ0) is 14.8. The Labute approximate surface area is 131 Å². The molecule has 0 spiro atoms. The molecule has 2 N–H and O–H groups in total. The Kier molecular flexibility index (Phi) is 4.15. The Morgan fingerprint density at radius 3 is 2.73 bits per heavy atom. The van der Waals surface area contributed by atoms with Crippen LogP contribution in [0.5, 0.6) is 0 Å². The quantitative estimate of drug-likeness (QED) is 0.915. The second-order valence-electron chi connectivity index (χ2n) is 6.47. The number of nitrogens with one attached hydrogen (secondary N) is 2. The van der Waals surface area contributed by atoms with Crippen molar-refractivity contribution in [2.45, 2.75) is 18.9 Å². The third-order valence-electron chi connectivity index (χ3n) is 5.20. The number of benzene rings is 1. The summed E-state index contributed by atoms with van der Waals surface area (Å²) >= 11 is 0. The van der Waals surface area contributed by atoms with Gasteiger partial charge in [-0.2, -0.15) is 0 Å². The van der Waals surface area contributed by atoms with Crippen molar-refractivity contribution in [3.05, 3.63) is 36.0 Å². The van der Waals surface area contributed by atoms with Gasteiger partial charge in [0.15, 0.2) is 0 Å². The van der Waals surface area contributed by atoms with Crippen LogP contribution in [0.25, 0.3) is 10.9 Å². The fraction of sp³-hybridized carbons (Fsp3) is 0.556. The molecule has 0 aliphatic carbocycles. The molecule has 2 aliphatic rings. The molecule has 4 nitrogen and oxygen atoms in total. The van der Waals surface area contributed by atoms with Crippen LogP contribution in [0.4, 0.5) is 0 Å². The van der Waals surface area contributed by atoms with E-state index in [4.69, 9.17) is 4.74 Å². The van der Waals surface area contributed by atoms with Gasteiger partial charge in [0.2, 0.25) is 0 Å². The van der Waals surface area contributed by atoms with Gasteiger partial charge in [0.1, 0.15) is 0 Å². The summed E-state index contributed by atoms with van der Waals surface area (Å²) in [6, 6.07) is 9.46. The largest absolute Gasteiger partial charge is 0.381 e. The molecule has 1 aromatic heterocycles. The summed E-state index contributed by atoms with van der Waals surface area (Å²) in [7, 11) is 0. The predicted molar refractivity (Wildman–Crippen MR) is 89.0 cm³/mol. The minimum atomic E-state index is 0.519. The van der Waals surface area contributed by atoms with E-state index in [9.17, 15) is 0 Å². The molecule has 22 heavy (non-hydrogen) atoms. The van der Waals surface area contributed by atoms with Gasteiger partial charge in [-0.1, -0.05) is 12.1 Å². The molecule has 1 atom stereocenters. The Morgan fingerprint density at radius 1 is 1.09 bits per heavy atom. The first-order chi connectivity index (χ1) is 10.9. The highest BCUT2D eigenvalue weighted by molar-refractivity contribution is 5.83. The van der Waals surface area contributed by atoms with Crippen molar-refractivity contribution in [1.29, 1.82) is 0 Å². The number of aromatic nitrogens is 1. The number of aromatic amines is 1. The highest BCUT2D eigenvalue weighted by Crippen LogP contribution is 2.38. The number of hydrogen-bond acceptors (Lipinski definition) is 3. The lowest BCUT2D eigenvalue weighted by atomic mass is 9.84. The zero-order valence-corrected chi connectivity index (χ0v) is 13.1. The summed E-state index contributed by atoms with van der Waals surface area (Å²) in [4.78, 5) is 6.05. The van der Waals surface area contributed by atoms with E-state index >= 15 is 0 Å². The Hall–Kier alpha value is -1.36. The predicted octanol–water partition coefficient (Wildman–Crippen LogP) is 2.54. The summed E-state index contributed by atoms with van der Waals surface area (Å²) in [5.41, 5.74) is 2.75. The highest BCUT2D eigenvalue weighted by Gasteiger charge is 2.32. The molecule has 1 aromatic carbocycles. The zero-order valence-electron chi connectivity index (χ0n) is 13.1. The van der Waals surface area contributed by atoms with Crippen LogP contribution in [0.3, 0.4) is 0 Å². The van der Waals surface area contributed by atoms with Crippen molar-refractivity contribution in [1.82, 2.24) is 15.2 Å². The van der Waals surface area contributed by atoms with E-state index in [0.717, 1.165) is 39.4 Å². The normalized spacial score (nSPS) is 22.9. The first-order valence-corrected chi connectivity index (χ1v) is 8.52. The summed E-state index contributed by atoms with van der Waals surface area (Å²) in [5, 5.41) is 4.87. The van der Waals surface area contributed by atoms with Crippen LogP contribution in [0, 0.1) is 5.92 Å². The van der Waals surface area contributed by atoms with E-state index in [1.807, 2.05) is 0 Å². The first kappa shape index (κ1) is 14.2. The molecule has 3 heterocycles. The number of H-pyrrole nitrogens is 1. The number of nitrogens with zero attached hydrogens (tertiary/aromatic N) is 1. The SMILES string of the molecule is c1cc([C@H](C2CCOCC2)N2CCNCC2)c2cc[nH]c2c1. The van der Waals surface area contributed by atoms with Crippen LogP contribution >= 0.6 is 0 Å². The van der Waals surface area contributed by atoms with Crippen molar-refractivity contribution in [2.75, 3.05) is 39.4 Å². The topological polar surface area (TPSA) is 40.3 Å². The standard InChI is InChI=1S/C18H25N3O/c1-2-16(15-4-7-20-17(15)3-1)18(14-5-12-22-13-6-14)21-10-8-19-9-11-21/h1-4,7,14,18-20H,5-6,8-13H2/t18-/m0/s1. The van der Waals surface area contributed by atoms with Gasteiger partial charge in [0.25, 0.3) is 0 Å². The van der Waals surface area contributed by atoms with Gasteiger partial charge in [-0.05, 0) is 36.5 Å². The van der Waals surface area contributed by atoms with E-state index < -0.39 is 0 Å². The Balaban J connectivity index is 1.73. The van der Waals surface area contributed by atoms with Gasteiger partial charge in [-0.15, -0.1) is 0 Å². The van der Waals surface area contributed by atoms with Crippen LogP contribution in [-0.2, 0) is 4.74 Å². The van der Waals surface area contributed by atoms with Gasteiger partial charge in [-0.25, -0.2) is 0 Å². The van der Waals surface area contributed by atoms with E-state index in [1.54, 1.807) is 0 Å². The summed E-state index contributed by atoms with van der Waals surface area (Å²) in [6.45, 7) is 6.31. The second-order valence-corrected chi connectivity index (χ2v) is 6.47. The summed E-state index contributed by atoms with van der Waals surface area (Å²) in [5.74, 6) is 0.701. The van der Waals surface area contributed by atoms with Crippen LogP contribution in [0.1, 0.15) is 24.4 Å². The maximum atomic E-state index is 5.61. The molecule has 0 amide bonds. The molecule has 4 rings (SSSR count). The van der Waals surface area contributed by atoms with Crippen molar-refractivity contribution in [3.63, 3.8) is 0 Å². The monoisotopic (exact) mass is 299 g/mol. The third-order valence-corrected chi connectivity index (χ3v) is 5.20. The van der Waals surface area contributed by atoms with E-state index in [0.29, 0.717) is 12.0 Å². The molecule has 118 valence electrons. The van der Waals surface area contributed by atoms with E-state index in [-0.39, 0.29) is 0 Å². The van der Waals surface area contributed by atoms with E-state index in [1.165, 1.54) is 29.3 Å². The molecule has 2 saturated heterocycles. The molecule has 2 aliphatic heterocycles. The minimum absolute atomic E-state index is 0.519. The number of ether oxygens (including phenoxy) is 1. The van der Waals surface area contributed by atoms with Crippen LogP contribution < -0.4 is 5.32 Å². The Bertz CT molecular complexity index is 594. The highest BCUT2D eigenvalue weighted by atomic mass is 16.5. The molecule has 0 bridgehead atoms. The average molecular weight is 299 g/mol. The fourth-order valence-electron chi connectivity index (χ4n) is 4.11. The van der Waals surface area contributed by atoms with E-state index in [2.05, 4.69) is 45.7 Å². The van der Waals surface area contributed by atoms with Gasteiger partial charge in [0.05, 0.1) is 0 Å². The lowest BCUT2D eigenvalue weighted by molar-refractivity contribution is 0.0217. The molecule has 2 fully saturated rings. The number of piperazine rings is 1. The maximum absolute atomic E-state index is 5.61. The Morgan fingerprint density at radius 2 is 1.91 bits per heavy atom. The smallest absolute Gasteiger partial charge is 0.0469 e. The molecular formula is C18H25N3O. The summed E-state index contributed by atoms with van der Waals surface area (Å²) in [6.07, 6.45) is 4.41. The van der Waals surface area contributed by atoms with Crippen LogP contribution in [-0.4, -0.2) is 49.3 Å². The number of fused-ring (bicyclic) bond motifs is 1. The van der Waals surface area contributed by atoms with Crippen LogP contribution in [0.15, 0.2) is 30.5 Å². The maximum Gasteiger partial charge on any atom is 0.0469 e. The van der Waals surface area contributed by atoms with Crippen molar-refractivity contribution >= 4 is 10.9 Å². The van der Waals surface area contributed by atoms with Gasteiger partial charge in [0, 0.05) is 62.5 Å². The molecular weight excluding hydrogens is 274 g/mol. The van der Waals surface area contributed by atoms with Gasteiger partial charge < -0.3 is 15.0 Å². The lowest BCUT2D eigenvalue weighted by Crippen LogP contribution is -2.47.